The summed E-state index contributed by atoms with van der Waals surface area (Å²) in [6, 6.07) is 3.84. The summed E-state index contributed by atoms with van der Waals surface area (Å²) in [5, 5.41) is 6.88. The molecule has 5 nitrogen and oxygen atoms in total. The minimum atomic E-state index is -0.316. The number of thiazole rings is 1. The van der Waals surface area contributed by atoms with Gasteiger partial charge < -0.3 is 4.74 Å². The Bertz CT molecular complexity index is 669. The van der Waals surface area contributed by atoms with Gasteiger partial charge in [0.25, 0.3) is 0 Å². The summed E-state index contributed by atoms with van der Waals surface area (Å²) in [5.74, 6) is 0.298. The lowest BCUT2D eigenvalue weighted by atomic mass is 10.1. The predicted molar refractivity (Wildman–Crippen MR) is 85.3 cm³/mol. The van der Waals surface area contributed by atoms with Crippen molar-refractivity contribution in [3.63, 3.8) is 0 Å². The summed E-state index contributed by atoms with van der Waals surface area (Å²) < 4.78 is 5.20. The highest BCUT2D eigenvalue weighted by atomic mass is 32.1. The topological polar surface area (TPSA) is 63.6 Å². The number of aryl methyl sites for hydroxylation is 3. The summed E-state index contributed by atoms with van der Waals surface area (Å²) >= 11 is 1.51. The monoisotopic (exact) mass is 303 g/mol. The van der Waals surface area contributed by atoms with Gasteiger partial charge >= 0.3 is 5.97 Å². The van der Waals surface area contributed by atoms with Crippen molar-refractivity contribution in [1.29, 1.82) is 0 Å². The number of hydrazone groups is 1. The second-order valence-electron chi connectivity index (χ2n) is 4.74. The summed E-state index contributed by atoms with van der Waals surface area (Å²) in [6.45, 7) is 7.14. The number of anilines is 1. The molecule has 110 valence electrons. The van der Waals surface area contributed by atoms with Gasteiger partial charge in [0.15, 0.2) is 0 Å². The molecule has 1 heterocycles. The molecule has 0 radical (unpaired) electrons. The Labute approximate surface area is 127 Å². The standard InChI is InChI=1S/C15H17N3O2S/c1-9-5-13(6-10(2)14(9)20-12(4)19)7-16-18-15-17-11(3)8-21-15/h5-8H,1-4H3,(H,17,18). The van der Waals surface area contributed by atoms with E-state index in [1.807, 2.05) is 38.3 Å². The molecule has 0 aliphatic rings. The van der Waals surface area contributed by atoms with Crippen LogP contribution in [0.25, 0.3) is 0 Å². The van der Waals surface area contributed by atoms with E-state index >= 15 is 0 Å². The molecule has 0 amide bonds. The molecular weight excluding hydrogens is 286 g/mol. The Balaban J connectivity index is 2.12. The third-order valence-corrected chi connectivity index (χ3v) is 3.59. The first kappa shape index (κ1) is 15.2. The minimum absolute atomic E-state index is 0.316. The van der Waals surface area contributed by atoms with E-state index in [2.05, 4.69) is 15.5 Å². The fraction of sp³-hybridized carbons (Fsp3) is 0.267. The van der Waals surface area contributed by atoms with Crippen LogP contribution in [-0.2, 0) is 4.79 Å². The zero-order valence-electron chi connectivity index (χ0n) is 12.4. The van der Waals surface area contributed by atoms with Crippen molar-refractivity contribution < 1.29 is 9.53 Å². The second-order valence-corrected chi connectivity index (χ2v) is 5.60. The molecule has 2 rings (SSSR count). The zero-order chi connectivity index (χ0) is 15.4. The molecule has 0 bridgehead atoms. The lowest BCUT2D eigenvalue weighted by molar-refractivity contribution is -0.131. The number of benzene rings is 1. The minimum Gasteiger partial charge on any atom is -0.426 e. The van der Waals surface area contributed by atoms with Crippen molar-refractivity contribution in [1.82, 2.24) is 4.98 Å². The van der Waals surface area contributed by atoms with Gasteiger partial charge in [0, 0.05) is 12.3 Å². The fourth-order valence-electron chi connectivity index (χ4n) is 1.93. The van der Waals surface area contributed by atoms with Gasteiger partial charge in [-0.1, -0.05) is 0 Å². The number of ether oxygens (including phenoxy) is 1. The van der Waals surface area contributed by atoms with Gasteiger partial charge in [0.2, 0.25) is 5.13 Å². The number of nitrogens with zero attached hydrogens (tertiary/aromatic N) is 2. The van der Waals surface area contributed by atoms with E-state index in [9.17, 15) is 4.79 Å². The summed E-state index contributed by atoms with van der Waals surface area (Å²) in [4.78, 5) is 15.3. The smallest absolute Gasteiger partial charge is 0.308 e. The molecule has 2 aromatic rings. The molecule has 0 fully saturated rings. The Morgan fingerprint density at radius 1 is 1.33 bits per heavy atom. The number of esters is 1. The van der Waals surface area contributed by atoms with E-state index in [1.54, 1.807) is 6.21 Å². The largest absolute Gasteiger partial charge is 0.426 e. The zero-order valence-corrected chi connectivity index (χ0v) is 13.2. The number of nitrogens with one attached hydrogen (secondary N) is 1. The average molecular weight is 303 g/mol. The summed E-state index contributed by atoms with van der Waals surface area (Å²) in [5.41, 5.74) is 6.59. The van der Waals surface area contributed by atoms with E-state index in [1.165, 1.54) is 18.3 Å². The van der Waals surface area contributed by atoms with Crippen molar-refractivity contribution in [2.45, 2.75) is 27.7 Å². The first-order chi connectivity index (χ1) is 9.95. The molecular formula is C15H17N3O2S. The van der Waals surface area contributed by atoms with Crippen LogP contribution < -0.4 is 10.2 Å². The maximum atomic E-state index is 11.1. The van der Waals surface area contributed by atoms with Crippen LogP contribution >= 0.6 is 11.3 Å². The van der Waals surface area contributed by atoms with E-state index in [0.29, 0.717) is 5.75 Å². The number of rotatable bonds is 4. The SMILES string of the molecule is CC(=O)Oc1c(C)cc(C=NNc2nc(C)cs2)cc1C. The van der Waals surface area contributed by atoms with Crippen LogP contribution in [0, 0.1) is 20.8 Å². The maximum absolute atomic E-state index is 11.1. The molecule has 0 spiro atoms. The molecule has 0 saturated heterocycles. The molecule has 6 heteroatoms. The quantitative estimate of drug-likeness (QED) is 0.407. The molecule has 1 aromatic carbocycles. The van der Waals surface area contributed by atoms with Crippen LogP contribution in [0.4, 0.5) is 5.13 Å². The van der Waals surface area contributed by atoms with Crippen molar-refractivity contribution >= 4 is 28.7 Å². The van der Waals surface area contributed by atoms with Crippen molar-refractivity contribution in [2.75, 3.05) is 5.43 Å². The second kappa shape index (κ2) is 6.49. The van der Waals surface area contributed by atoms with Crippen LogP contribution in [0.1, 0.15) is 29.3 Å². The Morgan fingerprint density at radius 3 is 2.52 bits per heavy atom. The number of hydrogen-bond donors (Lipinski definition) is 1. The number of carbonyl (C=O) groups excluding carboxylic acids is 1. The molecule has 1 N–H and O–H groups in total. The highest BCUT2D eigenvalue weighted by Gasteiger charge is 2.08. The van der Waals surface area contributed by atoms with Gasteiger partial charge in [-0.2, -0.15) is 5.10 Å². The van der Waals surface area contributed by atoms with Gasteiger partial charge in [-0.3, -0.25) is 10.2 Å². The van der Waals surface area contributed by atoms with Crippen LogP contribution in [0.5, 0.6) is 5.75 Å². The molecule has 1 aromatic heterocycles. The summed E-state index contributed by atoms with van der Waals surface area (Å²) in [6.07, 6.45) is 1.72. The van der Waals surface area contributed by atoms with Gasteiger partial charge in [-0.05, 0) is 49.6 Å². The molecule has 0 aliphatic heterocycles. The molecule has 0 aliphatic carbocycles. The van der Waals surface area contributed by atoms with Crippen molar-refractivity contribution in [3.8, 4) is 5.75 Å². The Morgan fingerprint density at radius 2 is 2.00 bits per heavy atom. The average Bonchev–Trinajstić information content (AvgIpc) is 2.79. The third-order valence-electron chi connectivity index (χ3n) is 2.72. The first-order valence-electron chi connectivity index (χ1n) is 6.46. The highest BCUT2D eigenvalue weighted by molar-refractivity contribution is 7.13. The fourth-order valence-corrected chi connectivity index (χ4v) is 2.57. The lowest BCUT2D eigenvalue weighted by Gasteiger charge is -2.09. The number of carbonyl (C=O) groups is 1. The van der Waals surface area contributed by atoms with E-state index < -0.39 is 0 Å². The van der Waals surface area contributed by atoms with Crippen molar-refractivity contribution in [2.24, 2.45) is 5.10 Å². The number of hydrogen-bond acceptors (Lipinski definition) is 6. The summed E-state index contributed by atoms with van der Waals surface area (Å²) in [7, 11) is 0. The van der Waals surface area contributed by atoms with Crippen LogP contribution in [0.15, 0.2) is 22.6 Å². The van der Waals surface area contributed by atoms with Crippen molar-refractivity contribution in [3.05, 3.63) is 39.9 Å². The lowest BCUT2D eigenvalue weighted by Crippen LogP contribution is -2.05. The van der Waals surface area contributed by atoms with E-state index in [-0.39, 0.29) is 5.97 Å². The van der Waals surface area contributed by atoms with Crippen LogP contribution in [0.3, 0.4) is 0 Å². The number of aromatic nitrogens is 1. The Hall–Kier alpha value is -2.21. The highest BCUT2D eigenvalue weighted by Crippen LogP contribution is 2.24. The van der Waals surface area contributed by atoms with E-state index in [0.717, 1.165) is 27.5 Å². The van der Waals surface area contributed by atoms with Crippen LogP contribution in [-0.4, -0.2) is 17.2 Å². The van der Waals surface area contributed by atoms with Gasteiger partial charge in [0.05, 0.1) is 11.9 Å². The predicted octanol–water partition coefficient (Wildman–Crippen LogP) is 3.44. The van der Waals surface area contributed by atoms with Gasteiger partial charge in [-0.25, -0.2) is 4.98 Å². The van der Waals surface area contributed by atoms with Crippen LogP contribution in [0.2, 0.25) is 0 Å². The van der Waals surface area contributed by atoms with Gasteiger partial charge in [0.1, 0.15) is 5.75 Å². The normalized spacial score (nSPS) is 10.9. The molecule has 0 atom stereocenters. The van der Waals surface area contributed by atoms with E-state index in [4.69, 9.17) is 4.74 Å². The third kappa shape index (κ3) is 4.13. The molecule has 0 unspecified atom stereocenters. The molecule has 21 heavy (non-hydrogen) atoms. The molecule has 0 saturated carbocycles. The first-order valence-corrected chi connectivity index (χ1v) is 7.34. The Kier molecular flexibility index (Phi) is 4.70. The maximum Gasteiger partial charge on any atom is 0.308 e. The van der Waals surface area contributed by atoms with Gasteiger partial charge in [-0.15, -0.1) is 11.3 Å².